The molecular formula is C18H30N4O3. The topological polar surface area (TPSA) is 70.8 Å². The Hall–Kier alpha value is -1.44. The van der Waals surface area contributed by atoms with Gasteiger partial charge in [0.25, 0.3) is 0 Å². The van der Waals surface area contributed by atoms with Crippen molar-refractivity contribution in [3.8, 4) is 0 Å². The summed E-state index contributed by atoms with van der Waals surface area (Å²) in [4.78, 5) is 21.3. The first-order valence-electron chi connectivity index (χ1n) is 9.41. The van der Waals surface area contributed by atoms with E-state index in [0.717, 1.165) is 89.7 Å². The molecule has 3 heterocycles. The molecule has 0 saturated carbocycles. The molecule has 3 rings (SSSR count). The van der Waals surface area contributed by atoms with Gasteiger partial charge in [-0.1, -0.05) is 0 Å². The Morgan fingerprint density at radius 1 is 1.24 bits per heavy atom. The highest BCUT2D eigenvalue weighted by Crippen LogP contribution is 2.19. The quantitative estimate of drug-likeness (QED) is 0.741. The SMILES string of the molecule is Cc1ocnc1CN1CCC(C(=O)NCCCN2CCOCC2)CC1. The van der Waals surface area contributed by atoms with E-state index >= 15 is 0 Å². The van der Waals surface area contributed by atoms with Crippen LogP contribution in [0.15, 0.2) is 10.8 Å². The van der Waals surface area contributed by atoms with Crippen molar-refractivity contribution in [2.75, 3.05) is 52.5 Å². The van der Waals surface area contributed by atoms with Gasteiger partial charge in [-0.05, 0) is 45.8 Å². The summed E-state index contributed by atoms with van der Waals surface area (Å²) >= 11 is 0. The molecule has 0 atom stereocenters. The van der Waals surface area contributed by atoms with Crippen LogP contribution in [-0.4, -0.2) is 73.2 Å². The summed E-state index contributed by atoms with van der Waals surface area (Å²) in [6, 6.07) is 0. The van der Waals surface area contributed by atoms with Gasteiger partial charge in [-0.2, -0.15) is 0 Å². The highest BCUT2D eigenvalue weighted by Gasteiger charge is 2.25. The van der Waals surface area contributed by atoms with Gasteiger partial charge in [0, 0.05) is 32.1 Å². The molecule has 2 aliphatic rings. The Bertz CT molecular complexity index is 534. The lowest BCUT2D eigenvalue weighted by Crippen LogP contribution is -2.41. The lowest BCUT2D eigenvalue weighted by molar-refractivity contribution is -0.126. The molecule has 1 N–H and O–H groups in total. The molecule has 25 heavy (non-hydrogen) atoms. The molecule has 2 fully saturated rings. The second-order valence-electron chi connectivity index (χ2n) is 7.00. The highest BCUT2D eigenvalue weighted by molar-refractivity contribution is 5.78. The normalized spacial score (nSPS) is 20.7. The summed E-state index contributed by atoms with van der Waals surface area (Å²) in [6.07, 6.45) is 4.36. The third-order valence-corrected chi connectivity index (χ3v) is 5.23. The number of rotatable bonds is 7. The average Bonchev–Trinajstić information content (AvgIpc) is 3.05. The monoisotopic (exact) mass is 350 g/mol. The zero-order valence-corrected chi connectivity index (χ0v) is 15.2. The van der Waals surface area contributed by atoms with Gasteiger partial charge in [0.1, 0.15) is 5.76 Å². The third kappa shape index (κ3) is 5.52. The van der Waals surface area contributed by atoms with Gasteiger partial charge in [0.05, 0.1) is 18.9 Å². The molecule has 0 radical (unpaired) electrons. The molecule has 0 bridgehead atoms. The molecular weight excluding hydrogens is 320 g/mol. The van der Waals surface area contributed by atoms with Crippen LogP contribution >= 0.6 is 0 Å². The minimum absolute atomic E-state index is 0.151. The van der Waals surface area contributed by atoms with Crippen LogP contribution in [0.2, 0.25) is 0 Å². The van der Waals surface area contributed by atoms with Crippen molar-refractivity contribution in [1.29, 1.82) is 0 Å². The lowest BCUT2D eigenvalue weighted by atomic mass is 9.95. The number of aromatic nitrogens is 1. The average molecular weight is 350 g/mol. The van der Waals surface area contributed by atoms with Gasteiger partial charge in [-0.25, -0.2) is 4.98 Å². The first kappa shape index (κ1) is 18.4. The molecule has 1 amide bonds. The zero-order chi connectivity index (χ0) is 17.5. The van der Waals surface area contributed by atoms with Crippen LogP contribution in [0.3, 0.4) is 0 Å². The maximum absolute atomic E-state index is 12.3. The molecule has 2 saturated heterocycles. The van der Waals surface area contributed by atoms with Crippen molar-refractivity contribution in [1.82, 2.24) is 20.1 Å². The van der Waals surface area contributed by atoms with Crippen LogP contribution in [0.25, 0.3) is 0 Å². The van der Waals surface area contributed by atoms with E-state index < -0.39 is 0 Å². The lowest BCUT2D eigenvalue weighted by Gasteiger charge is -2.31. The van der Waals surface area contributed by atoms with Crippen molar-refractivity contribution in [2.24, 2.45) is 5.92 Å². The zero-order valence-electron chi connectivity index (χ0n) is 15.2. The van der Waals surface area contributed by atoms with Crippen molar-refractivity contribution in [3.63, 3.8) is 0 Å². The van der Waals surface area contributed by atoms with Crippen LogP contribution in [0.4, 0.5) is 0 Å². The second-order valence-corrected chi connectivity index (χ2v) is 7.00. The van der Waals surface area contributed by atoms with Crippen molar-refractivity contribution >= 4 is 5.91 Å². The Morgan fingerprint density at radius 3 is 2.68 bits per heavy atom. The fraction of sp³-hybridized carbons (Fsp3) is 0.778. The number of aryl methyl sites for hydroxylation is 1. The Morgan fingerprint density at radius 2 is 2.00 bits per heavy atom. The molecule has 1 aromatic rings. The fourth-order valence-electron chi connectivity index (χ4n) is 3.53. The number of nitrogens with zero attached hydrogens (tertiary/aromatic N) is 3. The smallest absolute Gasteiger partial charge is 0.223 e. The highest BCUT2D eigenvalue weighted by atomic mass is 16.5. The van der Waals surface area contributed by atoms with Crippen LogP contribution in [0.1, 0.15) is 30.7 Å². The molecule has 140 valence electrons. The van der Waals surface area contributed by atoms with E-state index in [1.54, 1.807) is 0 Å². The number of amides is 1. The number of carbonyl (C=O) groups is 1. The van der Waals surface area contributed by atoms with E-state index in [1.165, 1.54) is 6.39 Å². The Labute approximate surface area is 149 Å². The maximum atomic E-state index is 12.3. The molecule has 7 nitrogen and oxygen atoms in total. The molecule has 1 aromatic heterocycles. The first-order valence-corrected chi connectivity index (χ1v) is 9.41. The predicted octanol–water partition coefficient (Wildman–Crippen LogP) is 1.03. The van der Waals surface area contributed by atoms with E-state index in [0.29, 0.717) is 0 Å². The van der Waals surface area contributed by atoms with Gasteiger partial charge in [-0.3, -0.25) is 14.6 Å². The van der Waals surface area contributed by atoms with Gasteiger partial charge < -0.3 is 14.5 Å². The summed E-state index contributed by atoms with van der Waals surface area (Å²) in [5, 5.41) is 3.12. The Kier molecular flexibility index (Phi) is 6.84. The minimum atomic E-state index is 0.151. The summed E-state index contributed by atoms with van der Waals surface area (Å²) in [6.45, 7) is 10.1. The van der Waals surface area contributed by atoms with Crippen LogP contribution in [0.5, 0.6) is 0 Å². The maximum Gasteiger partial charge on any atom is 0.223 e. The number of nitrogens with one attached hydrogen (secondary N) is 1. The number of hydrogen-bond donors (Lipinski definition) is 1. The van der Waals surface area contributed by atoms with Crippen LogP contribution in [-0.2, 0) is 16.1 Å². The van der Waals surface area contributed by atoms with E-state index in [1.807, 2.05) is 6.92 Å². The van der Waals surface area contributed by atoms with Crippen molar-refractivity contribution < 1.29 is 13.9 Å². The van der Waals surface area contributed by atoms with E-state index in [4.69, 9.17) is 9.15 Å². The van der Waals surface area contributed by atoms with Crippen molar-refractivity contribution in [3.05, 3.63) is 17.8 Å². The summed E-state index contributed by atoms with van der Waals surface area (Å²) in [7, 11) is 0. The van der Waals surface area contributed by atoms with Crippen molar-refractivity contribution in [2.45, 2.75) is 32.7 Å². The summed E-state index contributed by atoms with van der Waals surface area (Å²) in [5.41, 5.74) is 1.01. The number of oxazole rings is 1. The number of likely N-dealkylation sites (tertiary alicyclic amines) is 1. The van der Waals surface area contributed by atoms with E-state index in [9.17, 15) is 4.79 Å². The van der Waals surface area contributed by atoms with Crippen LogP contribution < -0.4 is 5.32 Å². The fourth-order valence-corrected chi connectivity index (χ4v) is 3.53. The number of piperidine rings is 1. The van der Waals surface area contributed by atoms with Gasteiger partial charge >= 0.3 is 0 Å². The molecule has 0 aromatic carbocycles. The largest absolute Gasteiger partial charge is 0.448 e. The molecule has 0 spiro atoms. The number of hydrogen-bond acceptors (Lipinski definition) is 6. The number of carbonyl (C=O) groups excluding carboxylic acids is 1. The number of morpholine rings is 1. The van der Waals surface area contributed by atoms with Gasteiger partial charge in [0.15, 0.2) is 6.39 Å². The Balaban J connectivity index is 1.29. The minimum Gasteiger partial charge on any atom is -0.448 e. The summed E-state index contributed by atoms with van der Waals surface area (Å²) in [5.74, 6) is 1.26. The second kappa shape index (κ2) is 9.31. The molecule has 2 aliphatic heterocycles. The predicted molar refractivity (Wildman–Crippen MR) is 94.1 cm³/mol. The summed E-state index contributed by atoms with van der Waals surface area (Å²) < 4.78 is 10.6. The van der Waals surface area contributed by atoms with Gasteiger partial charge in [0.2, 0.25) is 5.91 Å². The standard InChI is InChI=1S/C18H30N4O3/c1-15-17(20-14-25-15)13-22-7-3-16(4-8-22)18(23)19-5-2-6-21-9-11-24-12-10-21/h14,16H,2-13H2,1H3,(H,19,23). The van der Waals surface area contributed by atoms with Crippen LogP contribution in [0, 0.1) is 12.8 Å². The molecule has 0 unspecified atom stereocenters. The van der Waals surface area contributed by atoms with Gasteiger partial charge in [-0.15, -0.1) is 0 Å². The number of ether oxygens (including phenoxy) is 1. The molecule has 7 heteroatoms. The molecule has 0 aliphatic carbocycles. The first-order chi connectivity index (χ1) is 12.2. The van der Waals surface area contributed by atoms with E-state index in [-0.39, 0.29) is 11.8 Å². The van der Waals surface area contributed by atoms with E-state index in [2.05, 4.69) is 20.1 Å². The third-order valence-electron chi connectivity index (χ3n) is 5.23.